The van der Waals surface area contributed by atoms with E-state index in [9.17, 15) is 0 Å². The van der Waals surface area contributed by atoms with Gasteiger partial charge in [0.2, 0.25) is 0 Å². The highest BCUT2D eigenvalue weighted by Gasteiger charge is 2.29. The molecule has 17 heavy (non-hydrogen) atoms. The molecule has 1 saturated heterocycles. The molecule has 0 aromatic carbocycles. The van der Waals surface area contributed by atoms with Crippen molar-refractivity contribution < 1.29 is 4.74 Å². The van der Waals surface area contributed by atoms with E-state index in [0.29, 0.717) is 24.1 Å². The Kier molecular flexibility index (Phi) is 6.45. The van der Waals surface area contributed by atoms with Crippen molar-refractivity contribution in [3.63, 3.8) is 0 Å². The van der Waals surface area contributed by atoms with E-state index in [1.807, 2.05) is 7.11 Å². The Morgan fingerprint density at radius 1 is 1.41 bits per heavy atom. The summed E-state index contributed by atoms with van der Waals surface area (Å²) < 4.78 is 5.59. The second-order valence-electron chi connectivity index (χ2n) is 5.66. The fourth-order valence-corrected chi connectivity index (χ4v) is 2.60. The summed E-state index contributed by atoms with van der Waals surface area (Å²) >= 11 is 0. The summed E-state index contributed by atoms with van der Waals surface area (Å²) in [6, 6.07) is 1.23. The van der Waals surface area contributed by atoms with Crippen LogP contribution in [0.1, 0.15) is 40.5 Å². The van der Waals surface area contributed by atoms with Crippen molar-refractivity contribution in [1.82, 2.24) is 10.2 Å². The van der Waals surface area contributed by atoms with Crippen LogP contribution in [0.15, 0.2) is 0 Å². The predicted molar refractivity (Wildman–Crippen MR) is 73.4 cm³/mol. The van der Waals surface area contributed by atoms with Crippen molar-refractivity contribution >= 4 is 0 Å². The molecule has 0 aromatic rings. The second-order valence-corrected chi connectivity index (χ2v) is 5.66. The summed E-state index contributed by atoms with van der Waals surface area (Å²) in [4.78, 5) is 2.60. The second kappa shape index (κ2) is 7.34. The topological polar surface area (TPSA) is 24.5 Å². The quantitative estimate of drug-likeness (QED) is 0.772. The molecule has 1 rings (SSSR count). The molecule has 102 valence electrons. The lowest BCUT2D eigenvalue weighted by Gasteiger charge is -2.40. The van der Waals surface area contributed by atoms with Crippen LogP contribution in [0, 0.1) is 5.92 Å². The van der Waals surface area contributed by atoms with E-state index in [-0.39, 0.29) is 0 Å². The molecule has 1 aliphatic heterocycles. The lowest BCUT2D eigenvalue weighted by molar-refractivity contribution is -0.0195. The minimum atomic E-state index is 0.414. The van der Waals surface area contributed by atoms with E-state index in [1.165, 1.54) is 19.4 Å². The maximum atomic E-state index is 5.59. The van der Waals surface area contributed by atoms with Crippen molar-refractivity contribution in [2.75, 3.05) is 26.7 Å². The van der Waals surface area contributed by atoms with E-state index < -0.39 is 0 Å². The molecule has 3 nitrogen and oxygen atoms in total. The number of ether oxygens (including phenoxy) is 1. The van der Waals surface area contributed by atoms with Gasteiger partial charge in [-0.1, -0.05) is 27.7 Å². The van der Waals surface area contributed by atoms with Crippen molar-refractivity contribution in [3.05, 3.63) is 0 Å². The standard InChI is InChI=1S/C14H30N2O/c1-6-13(9-15-11(2)3)16-8-7-12(4)14(10-16)17-5/h11-15H,6-10H2,1-5H3. The lowest BCUT2D eigenvalue weighted by atomic mass is 9.94. The van der Waals surface area contributed by atoms with Gasteiger partial charge in [-0.25, -0.2) is 0 Å². The number of methoxy groups -OCH3 is 1. The zero-order valence-corrected chi connectivity index (χ0v) is 12.2. The predicted octanol–water partition coefficient (Wildman–Crippen LogP) is 2.12. The van der Waals surface area contributed by atoms with Crippen LogP contribution in [0.5, 0.6) is 0 Å². The molecule has 1 fully saturated rings. The van der Waals surface area contributed by atoms with E-state index in [2.05, 4.69) is 37.9 Å². The van der Waals surface area contributed by atoms with Crippen LogP contribution in [-0.4, -0.2) is 49.8 Å². The van der Waals surface area contributed by atoms with Gasteiger partial charge in [-0.2, -0.15) is 0 Å². The summed E-state index contributed by atoms with van der Waals surface area (Å²) in [6.45, 7) is 12.4. The first-order valence-corrected chi connectivity index (χ1v) is 7.08. The third-order valence-electron chi connectivity index (χ3n) is 3.97. The zero-order valence-electron chi connectivity index (χ0n) is 12.2. The van der Waals surface area contributed by atoms with E-state index in [0.717, 1.165) is 13.1 Å². The largest absolute Gasteiger partial charge is 0.380 e. The first kappa shape index (κ1) is 14.9. The molecule has 1 N–H and O–H groups in total. The fraction of sp³-hybridized carbons (Fsp3) is 1.00. The Morgan fingerprint density at radius 3 is 2.65 bits per heavy atom. The van der Waals surface area contributed by atoms with E-state index >= 15 is 0 Å². The Morgan fingerprint density at radius 2 is 2.12 bits per heavy atom. The number of nitrogens with zero attached hydrogens (tertiary/aromatic N) is 1. The average molecular weight is 242 g/mol. The van der Waals surface area contributed by atoms with Gasteiger partial charge in [0, 0.05) is 32.3 Å². The molecule has 1 heterocycles. The molecule has 3 heteroatoms. The Hall–Kier alpha value is -0.120. The number of rotatable bonds is 6. The van der Waals surface area contributed by atoms with Crippen molar-refractivity contribution in [3.8, 4) is 0 Å². The van der Waals surface area contributed by atoms with Crippen molar-refractivity contribution in [1.29, 1.82) is 0 Å². The highest BCUT2D eigenvalue weighted by molar-refractivity contribution is 4.83. The molecule has 3 unspecified atom stereocenters. The smallest absolute Gasteiger partial charge is 0.0724 e. The van der Waals surface area contributed by atoms with Crippen molar-refractivity contribution in [2.24, 2.45) is 5.92 Å². The minimum Gasteiger partial charge on any atom is -0.380 e. The minimum absolute atomic E-state index is 0.414. The summed E-state index contributed by atoms with van der Waals surface area (Å²) in [7, 11) is 1.85. The van der Waals surface area contributed by atoms with Crippen LogP contribution in [0.25, 0.3) is 0 Å². The molecule has 0 aromatic heterocycles. The maximum Gasteiger partial charge on any atom is 0.0724 e. The van der Waals surface area contributed by atoms with E-state index in [1.54, 1.807) is 0 Å². The normalized spacial score (nSPS) is 28.6. The Balaban J connectivity index is 2.46. The first-order valence-electron chi connectivity index (χ1n) is 7.08. The Labute approximate surface area is 107 Å². The van der Waals surface area contributed by atoms with Crippen LogP contribution in [0.4, 0.5) is 0 Å². The molecule has 0 radical (unpaired) electrons. The third kappa shape index (κ3) is 4.57. The molecular weight excluding hydrogens is 212 g/mol. The Bertz CT molecular complexity index is 208. The summed E-state index contributed by atoms with van der Waals surface area (Å²) in [5, 5.41) is 3.56. The van der Waals surface area contributed by atoms with Gasteiger partial charge in [0.25, 0.3) is 0 Å². The van der Waals surface area contributed by atoms with Gasteiger partial charge < -0.3 is 10.1 Å². The molecular formula is C14H30N2O. The van der Waals surface area contributed by atoms with Gasteiger partial charge in [-0.15, -0.1) is 0 Å². The van der Waals surface area contributed by atoms with Crippen LogP contribution in [-0.2, 0) is 4.74 Å². The maximum absolute atomic E-state index is 5.59. The number of likely N-dealkylation sites (tertiary alicyclic amines) is 1. The molecule has 3 atom stereocenters. The SMILES string of the molecule is CCC(CNC(C)C)N1CCC(C)C(OC)C1. The molecule has 0 amide bonds. The van der Waals surface area contributed by atoms with Crippen LogP contribution < -0.4 is 5.32 Å². The summed E-state index contributed by atoms with van der Waals surface area (Å²) in [5.41, 5.74) is 0. The zero-order chi connectivity index (χ0) is 12.8. The fourth-order valence-electron chi connectivity index (χ4n) is 2.60. The number of nitrogens with one attached hydrogen (secondary N) is 1. The highest BCUT2D eigenvalue weighted by Crippen LogP contribution is 2.21. The number of hydrogen-bond acceptors (Lipinski definition) is 3. The molecule has 0 spiro atoms. The molecule has 1 aliphatic rings. The van der Waals surface area contributed by atoms with Gasteiger partial charge in [0.05, 0.1) is 6.10 Å². The number of piperidine rings is 1. The lowest BCUT2D eigenvalue weighted by Crippen LogP contribution is -2.51. The van der Waals surface area contributed by atoms with Crippen LogP contribution in [0.2, 0.25) is 0 Å². The van der Waals surface area contributed by atoms with Crippen LogP contribution >= 0.6 is 0 Å². The van der Waals surface area contributed by atoms with Gasteiger partial charge in [-0.3, -0.25) is 4.90 Å². The van der Waals surface area contributed by atoms with Gasteiger partial charge in [0.15, 0.2) is 0 Å². The molecule has 0 bridgehead atoms. The van der Waals surface area contributed by atoms with Gasteiger partial charge in [0.1, 0.15) is 0 Å². The molecule has 0 saturated carbocycles. The summed E-state index contributed by atoms with van der Waals surface area (Å²) in [6.07, 6.45) is 2.89. The van der Waals surface area contributed by atoms with Gasteiger partial charge in [-0.05, 0) is 25.3 Å². The molecule has 0 aliphatic carbocycles. The first-order chi connectivity index (χ1) is 8.08. The van der Waals surface area contributed by atoms with E-state index in [4.69, 9.17) is 4.74 Å². The van der Waals surface area contributed by atoms with Crippen molar-refractivity contribution in [2.45, 2.75) is 58.7 Å². The third-order valence-corrected chi connectivity index (χ3v) is 3.97. The average Bonchev–Trinajstić information content (AvgIpc) is 2.31. The summed E-state index contributed by atoms with van der Waals surface area (Å²) in [5.74, 6) is 0.701. The number of hydrogen-bond donors (Lipinski definition) is 1. The monoisotopic (exact) mass is 242 g/mol. The highest BCUT2D eigenvalue weighted by atomic mass is 16.5. The van der Waals surface area contributed by atoms with Crippen LogP contribution in [0.3, 0.4) is 0 Å². The van der Waals surface area contributed by atoms with Gasteiger partial charge >= 0.3 is 0 Å².